The van der Waals surface area contributed by atoms with E-state index in [4.69, 9.17) is 16.0 Å². The first-order valence-corrected chi connectivity index (χ1v) is 9.51. The molecule has 2 amide bonds. The van der Waals surface area contributed by atoms with Gasteiger partial charge >= 0.3 is 24.2 Å². The van der Waals surface area contributed by atoms with Gasteiger partial charge in [0, 0.05) is 11.3 Å². The van der Waals surface area contributed by atoms with Crippen LogP contribution >= 0.6 is 11.6 Å². The van der Waals surface area contributed by atoms with Crippen molar-refractivity contribution in [2.75, 3.05) is 5.32 Å². The van der Waals surface area contributed by atoms with Crippen molar-refractivity contribution in [3.8, 4) is 11.3 Å². The van der Waals surface area contributed by atoms with Gasteiger partial charge in [0.2, 0.25) is 0 Å². The molecule has 0 fully saturated rings. The quantitative estimate of drug-likeness (QED) is 0.206. The maximum atomic E-state index is 12.9. The number of benzene rings is 2. The smallest absolute Gasteiger partial charge is 0.417 e. The highest BCUT2D eigenvalue weighted by Gasteiger charge is 2.33. The van der Waals surface area contributed by atoms with Gasteiger partial charge in [0.1, 0.15) is 11.5 Å². The van der Waals surface area contributed by atoms with Crippen molar-refractivity contribution >= 4 is 35.3 Å². The van der Waals surface area contributed by atoms with E-state index in [0.717, 1.165) is 30.5 Å². The summed E-state index contributed by atoms with van der Waals surface area (Å²) in [4.78, 5) is 23.7. The third kappa shape index (κ3) is 6.16. The van der Waals surface area contributed by atoms with Crippen LogP contribution < -0.4 is 10.7 Å². The number of alkyl halides is 6. The number of amides is 2. The summed E-state index contributed by atoms with van der Waals surface area (Å²) in [5, 5.41) is 4.87. The molecule has 2 aromatic carbocycles. The first-order valence-electron chi connectivity index (χ1n) is 9.13. The number of hydrogen-bond donors (Lipinski definition) is 2. The van der Waals surface area contributed by atoms with Gasteiger partial charge < -0.3 is 9.73 Å². The Labute approximate surface area is 192 Å². The standard InChI is InChI=1S/C21H12ClF6N3O3/c22-16-6-4-13(9-15(16)21(26,27)28)30-18(32)19(33)31-29-10-14-5-7-17(34-14)11-2-1-3-12(8-11)20(23,24)25/h1-10H,(H,30,32)(H,31,33)/b29-10-. The van der Waals surface area contributed by atoms with Gasteiger partial charge in [-0.2, -0.15) is 31.4 Å². The van der Waals surface area contributed by atoms with Gasteiger partial charge in [-0.25, -0.2) is 5.43 Å². The minimum atomic E-state index is -4.76. The number of furan rings is 1. The SMILES string of the molecule is O=C(N/N=C\c1ccc(-c2cccc(C(F)(F)F)c2)o1)C(=O)Nc1ccc(Cl)c(C(F)(F)F)c1. The van der Waals surface area contributed by atoms with Gasteiger partial charge in [-0.05, 0) is 42.5 Å². The van der Waals surface area contributed by atoms with Crippen molar-refractivity contribution in [1.82, 2.24) is 5.43 Å². The van der Waals surface area contributed by atoms with Gasteiger partial charge in [0.25, 0.3) is 0 Å². The Balaban J connectivity index is 1.62. The van der Waals surface area contributed by atoms with E-state index in [2.05, 4.69) is 5.10 Å². The normalized spacial score (nSPS) is 12.1. The third-order valence-electron chi connectivity index (χ3n) is 4.19. The summed E-state index contributed by atoms with van der Waals surface area (Å²) in [6.45, 7) is 0. The zero-order valence-corrected chi connectivity index (χ0v) is 17.3. The largest absolute Gasteiger partial charge is 0.455 e. The number of anilines is 1. The number of hydrazone groups is 1. The highest BCUT2D eigenvalue weighted by atomic mass is 35.5. The molecule has 13 heteroatoms. The molecule has 0 saturated heterocycles. The lowest BCUT2D eigenvalue weighted by molar-refractivity contribution is -0.138. The number of hydrogen-bond acceptors (Lipinski definition) is 4. The van der Waals surface area contributed by atoms with Crippen molar-refractivity contribution in [2.24, 2.45) is 5.10 Å². The molecule has 34 heavy (non-hydrogen) atoms. The Morgan fingerprint density at radius 3 is 2.32 bits per heavy atom. The molecule has 2 N–H and O–H groups in total. The van der Waals surface area contributed by atoms with Crippen molar-refractivity contribution in [3.05, 3.63) is 76.5 Å². The maximum Gasteiger partial charge on any atom is 0.417 e. The van der Waals surface area contributed by atoms with Crippen molar-refractivity contribution in [2.45, 2.75) is 12.4 Å². The van der Waals surface area contributed by atoms with Crippen molar-refractivity contribution < 1.29 is 40.3 Å². The number of nitrogens with one attached hydrogen (secondary N) is 2. The Hall–Kier alpha value is -3.80. The van der Waals surface area contributed by atoms with Crippen LogP contribution in [0.15, 0.2) is 64.1 Å². The lowest BCUT2D eigenvalue weighted by atomic mass is 10.1. The summed E-state index contributed by atoms with van der Waals surface area (Å²) in [5.74, 6) is -2.47. The fourth-order valence-electron chi connectivity index (χ4n) is 2.64. The molecule has 1 aromatic heterocycles. The second-order valence-electron chi connectivity index (χ2n) is 6.63. The predicted octanol–water partition coefficient (Wildman–Crippen LogP) is 5.73. The summed E-state index contributed by atoms with van der Waals surface area (Å²) >= 11 is 5.49. The van der Waals surface area contributed by atoms with E-state index < -0.39 is 40.3 Å². The molecule has 0 radical (unpaired) electrons. The highest BCUT2D eigenvalue weighted by Crippen LogP contribution is 2.36. The highest BCUT2D eigenvalue weighted by molar-refractivity contribution is 6.39. The third-order valence-corrected chi connectivity index (χ3v) is 4.52. The number of rotatable bonds is 4. The van der Waals surface area contributed by atoms with Gasteiger partial charge in [-0.1, -0.05) is 23.7 Å². The van der Waals surface area contributed by atoms with E-state index in [0.29, 0.717) is 6.07 Å². The molecule has 178 valence electrons. The average molecular weight is 504 g/mol. The average Bonchev–Trinajstić information content (AvgIpc) is 3.22. The van der Waals surface area contributed by atoms with Crippen LogP contribution in [-0.4, -0.2) is 18.0 Å². The predicted molar refractivity (Wildman–Crippen MR) is 110 cm³/mol. The Morgan fingerprint density at radius 2 is 1.65 bits per heavy atom. The zero-order chi connectivity index (χ0) is 25.1. The van der Waals surface area contributed by atoms with Crippen LogP contribution in [0.25, 0.3) is 11.3 Å². The van der Waals surface area contributed by atoms with E-state index >= 15 is 0 Å². The molecule has 0 aliphatic heterocycles. The van der Waals surface area contributed by atoms with Gasteiger partial charge in [0.15, 0.2) is 0 Å². The van der Waals surface area contributed by atoms with E-state index in [-0.39, 0.29) is 22.8 Å². The lowest BCUT2D eigenvalue weighted by Crippen LogP contribution is -2.32. The fourth-order valence-corrected chi connectivity index (χ4v) is 2.86. The first kappa shape index (κ1) is 24.8. The van der Waals surface area contributed by atoms with Crippen LogP contribution in [0, 0.1) is 0 Å². The zero-order valence-electron chi connectivity index (χ0n) is 16.6. The molecule has 0 unspecified atom stereocenters. The summed E-state index contributed by atoms with van der Waals surface area (Å²) in [6, 6.07) is 9.71. The molecular formula is C21H12ClF6N3O3. The molecule has 6 nitrogen and oxygen atoms in total. The molecule has 0 spiro atoms. The Kier molecular flexibility index (Phi) is 7.01. The minimum Gasteiger partial charge on any atom is -0.455 e. The molecule has 0 saturated carbocycles. The van der Waals surface area contributed by atoms with Crippen LogP contribution in [0.4, 0.5) is 32.0 Å². The summed E-state index contributed by atoms with van der Waals surface area (Å²) in [6.07, 6.45) is -8.31. The van der Waals surface area contributed by atoms with E-state index in [9.17, 15) is 35.9 Å². The molecule has 3 rings (SSSR count). The van der Waals surface area contributed by atoms with E-state index in [1.807, 2.05) is 10.7 Å². The second-order valence-corrected chi connectivity index (χ2v) is 7.03. The van der Waals surface area contributed by atoms with Gasteiger partial charge in [-0.3, -0.25) is 9.59 Å². The lowest BCUT2D eigenvalue weighted by Gasteiger charge is -2.11. The number of halogens is 7. The Morgan fingerprint density at radius 1 is 0.912 bits per heavy atom. The molecule has 0 atom stereocenters. The van der Waals surface area contributed by atoms with Crippen LogP contribution in [0.2, 0.25) is 5.02 Å². The van der Waals surface area contributed by atoms with Crippen molar-refractivity contribution in [3.63, 3.8) is 0 Å². The van der Waals surface area contributed by atoms with Gasteiger partial charge in [0.05, 0.1) is 22.4 Å². The summed E-state index contributed by atoms with van der Waals surface area (Å²) in [5.41, 5.74) is -0.381. The first-order chi connectivity index (χ1) is 15.8. The molecule has 0 aliphatic carbocycles. The Bertz CT molecular complexity index is 1250. The minimum absolute atomic E-state index is 0.0423. The monoisotopic (exact) mass is 503 g/mol. The fraction of sp³-hybridized carbons (Fsp3) is 0.0952. The number of carbonyl (C=O) groups is 2. The van der Waals surface area contributed by atoms with Crippen molar-refractivity contribution in [1.29, 1.82) is 0 Å². The molecule has 1 heterocycles. The number of carbonyl (C=O) groups excluding carboxylic acids is 2. The van der Waals surface area contributed by atoms with E-state index in [1.165, 1.54) is 24.3 Å². The topological polar surface area (TPSA) is 83.7 Å². The van der Waals surface area contributed by atoms with Crippen LogP contribution in [0.3, 0.4) is 0 Å². The summed E-state index contributed by atoms with van der Waals surface area (Å²) < 4.78 is 82.5. The molecule has 3 aromatic rings. The van der Waals surface area contributed by atoms with Crippen LogP contribution in [0.1, 0.15) is 16.9 Å². The second kappa shape index (κ2) is 9.59. The van der Waals surface area contributed by atoms with Crippen LogP contribution in [0.5, 0.6) is 0 Å². The van der Waals surface area contributed by atoms with Gasteiger partial charge in [-0.15, -0.1) is 0 Å². The molecule has 0 aliphatic rings. The van der Waals surface area contributed by atoms with Crippen LogP contribution in [-0.2, 0) is 21.9 Å². The molecule has 0 bridgehead atoms. The maximum absolute atomic E-state index is 12.9. The number of nitrogens with zero attached hydrogens (tertiary/aromatic N) is 1. The summed E-state index contributed by atoms with van der Waals surface area (Å²) in [7, 11) is 0. The van der Waals surface area contributed by atoms with E-state index in [1.54, 1.807) is 0 Å². The molecular weight excluding hydrogens is 492 g/mol.